The van der Waals surface area contributed by atoms with Crippen LogP contribution in [0, 0.1) is 17.8 Å². The number of rotatable bonds is 11. The van der Waals surface area contributed by atoms with Crippen LogP contribution in [0.3, 0.4) is 0 Å². The van der Waals surface area contributed by atoms with Crippen molar-refractivity contribution in [2.75, 3.05) is 7.11 Å². The molecule has 142 valence electrons. The molecule has 1 saturated carbocycles. The molecule has 0 heterocycles. The number of hydrogen-bond acceptors (Lipinski definition) is 5. The zero-order valence-electron chi connectivity index (χ0n) is 15.7. The molecule has 1 aliphatic carbocycles. The lowest BCUT2D eigenvalue weighted by Crippen LogP contribution is -2.20. The number of ether oxygens (including phenoxy) is 1. The molecule has 0 saturated heterocycles. The number of carbonyl (C=O) groups is 3. The first-order chi connectivity index (χ1) is 11.9. The molecule has 0 aromatic heterocycles. The van der Waals surface area contributed by atoms with Gasteiger partial charge >= 0.3 is 5.97 Å². The minimum absolute atomic E-state index is 0.0471. The molecular formula is C20H32O5. The van der Waals surface area contributed by atoms with Gasteiger partial charge in [-0.25, -0.2) is 0 Å². The molecule has 1 fully saturated rings. The number of allylic oxidation sites excluding steroid dienone is 1. The van der Waals surface area contributed by atoms with E-state index in [4.69, 9.17) is 0 Å². The van der Waals surface area contributed by atoms with Gasteiger partial charge in [-0.15, -0.1) is 0 Å². The lowest BCUT2D eigenvalue weighted by molar-refractivity contribution is -0.141. The summed E-state index contributed by atoms with van der Waals surface area (Å²) in [5.41, 5.74) is 0. The van der Waals surface area contributed by atoms with Crippen molar-refractivity contribution < 1.29 is 24.2 Å². The lowest BCUT2D eigenvalue weighted by atomic mass is 9.86. The Labute approximate surface area is 150 Å². The van der Waals surface area contributed by atoms with Crippen molar-refractivity contribution in [2.24, 2.45) is 17.8 Å². The third-order valence-electron chi connectivity index (χ3n) is 4.98. The molecule has 1 rings (SSSR count). The van der Waals surface area contributed by atoms with E-state index in [9.17, 15) is 19.5 Å². The zero-order chi connectivity index (χ0) is 18.8. The number of aliphatic hydroxyl groups is 1. The highest BCUT2D eigenvalue weighted by Gasteiger charge is 2.39. The number of ketones is 2. The second kappa shape index (κ2) is 11.2. The second-order valence-electron chi connectivity index (χ2n) is 7.17. The fraction of sp³-hybridized carbons (Fsp3) is 0.750. The van der Waals surface area contributed by atoms with Gasteiger partial charge in [0, 0.05) is 31.1 Å². The molecule has 25 heavy (non-hydrogen) atoms. The Morgan fingerprint density at radius 3 is 2.72 bits per heavy atom. The smallest absolute Gasteiger partial charge is 0.305 e. The predicted molar refractivity (Wildman–Crippen MR) is 95.9 cm³/mol. The average Bonchev–Trinajstić information content (AvgIpc) is 2.84. The molecule has 0 radical (unpaired) electrons. The maximum Gasteiger partial charge on any atom is 0.305 e. The highest BCUT2D eigenvalue weighted by molar-refractivity contribution is 5.90. The van der Waals surface area contributed by atoms with Crippen LogP contribution in [-0.2, 0) is 19.1 Å². The summed E-state index contributed by atoms with van der Waals surface area (Å²) in [7, 11) is 1.37. The average molecular weight is 352 g/mol. The Bertz CT molecular complexity index is 482. The number of esters is 1. The summed E-state index contributed by atoms with van der Waals surface area (Å²) in [4.78, 5) is 35.4. The number of hydrogen-bond donors (Lipinski definition) is 1. The van der Waals surface area contributed by atoms with Crippen molar-refractivity contribution >= 4 is 17.5 Å². The molecule has 0 spiro atoms. The first-order valence-corrected chi connectivity index (χ1v) is 9.37. The maximum atomic E-state index is 12.2. The Balaban J connectivity index is 2.56. The molecule has 0 aromatic carbocycles. The van der Waals surface area contributed by atoms with Gasteiger partial charge in [0.05, 0.1) is 13.2 Å². The topological polar surface area (TPSA) is 80.7 Å². The van der Waals surface area contributed by atoms with E-state index in [1.165, 1.54) is 13.2 Å². The van der Waals surface area contributed by atoms with Gasteiger partial charge in [0.2, 0.25) is 0 Å². The molecule has 1 aliphatic rings. The first kappa shape index (κ1) is 21.6. The number of Topliss-reactive ketones (excluding diaryl/α,β-unsaturated/α-hetero) is 1. The van der Waals surface area contributed by atoms with Crippen molar-refractivity contribution in [3.05, 3.63) is 12.2 Å². The highest BCUT2D eigenvalue weighted by Crippen LogP contribution is 2.35. The van der Waals surface area contributed by atoms with E-state index in [-0.39, 0.29) is 41.7 Å². The van der Waals surface area contributed by atoms with Gasteiger partial charge < -0.3 is 9.84 Å². The van der Waals surface area contributed by atoms with Crippen molar-refractivity contribution in [1.82, 2.24) is 0 Å². The third kappa shape index (κ3) is 7.51. The van der Waals surface area contributed by atoms with Crippen LogP contribution < -0.4 is 0 Å². The van der Waals surface area contributed by atoms with Crippen LogP contribution in [0.1, 0.15) is 65.2 Å². The van der Waals surface area contributed by atoms with E-state index < -0.39 is 6.10 Å². The molecule has 4 atom stereocenters. The van der Waals surface area contributed by atoms with Crippen LogP contribution >= 0.6 is 0 Å². The van der Waals surface area contributed by atoms with Crippen molar-refractivity contribution in [2.45, 2.75) is 71.3 Å². The summed E-state index contributed by atoms with van der Waals surface area (Å²) < 4.78 is 4.66. The number of carbonyl (C=O) groups excluding carboxylic acids is 3. The Morgan fingerprint density at radius 2 is 2.08 bits per heavy atom. The van der Waals surface area contributed by atoms with Gasteiger partial charge in [-0.1, -0.05) is 32.8 Å². The maximum absolute atomic E-state index is 12.2. The van der Waals surface area contributed by atoms with Crippen LogP contribution in [0.5, 0.6) is 0 Å². The van der Waals surface area contributed by atoms with Crippen LogP contribution in [0.2, 0.25) is 0 Å². The van der Waals surface area contributed by atoms with E-state index >= 15 is 0 Å². The molecule has 1 unspecified atom stereocenters. The predicted octanol–water partition coefficient (Wildman–Crippen LogP) is 3.24. The molecule has 5 heteroatoms. The monoisotopic (exact) mass is 352 g/mol. The van der Waals surface area contributed by atoms with Crippen molar-refractivity contribution in [1.29, 1.82) is 0 Å². The van der Waals surface area contributed by atoms with Crippen molar-refractivity contribution in [3.8, 4) is 0 Å². The van der Waals surface area contributed by atoms with Gasteiger partial charge in [0.1, 0.15) is 5.78 Å². The summed E-state index contributed by atoms with van der Waals surface area (Å²) in [6, 6.07) is 0. The minimum Gasteiger partial charge on any atom is -0.469 e. The van der Waals surface area contributed by atoms with E-state index in [1.807, 2.05) is 6.92 Å². The molecule has 0 aliphatic heterocycles. The fourth-order valence-electron chi connectivity index (χ4n) is 3.38. The molecule has 5 nitrogen and oxygen atoms in total. The molecule has 1 N–H and O–H groups in total. The Kier molecular flexibility index (Phi) is 9.65. The summed E-state index contributed by atoms with van der Waals surface area (Å²) in [6.07, 6.45) is 7.84. The van der Waals surface area contributed by atoms with Gasteiger partial charge in [0.15, 0.2) is 5.78 Å². The van der Waals surface area contributed by atoms with Gasteiger partial charge in [-0.3, -0.25) is 14.4 Å². The van der Waals surface area contributed by atoms with Gasteiger partial charge in [0.25, 0.3) is 0 Å². The summed E-state index contributed by atoms with van der Waals surface area (Å²) >= 11 is 0. The first-order valence-electron chi connectivity index (χ1n) is 9.37. The quantitative estimate of drug-likeness (QED) is 0.351. The van der Waals surface area contributed by atoms with Gasteiger partial charge in [-0.2, -0.15) is 0 Å². The summed E-state index contributed by atoms with van der Waals surface area (Å²) in [5, 5.41) is 10.1. The second-order valence-corrected chi connectivity index (χ2v) is 7.17. The normalized spacial score (nSPS) is 24.6. The minimum atomic E-state index is -0.715. The van der Waals surface area contributed by atoms with E-state index in [1.54, 1.807) is 6.08 Å². The zero-order valence-corrected chi connectivity index (χ0v) is 15.7. The molecule has 0 bridgehead atoms. The summed E-state index contributed by atoms with van der Waals surface area (Å²) in [6.45, 7) is 4.04. The van der Waals surface area contributed by atoms with E-state index in [0.717, 1.165) is 19.3 Å². The van der Waals surface area contributed by atoms with Crippen LogP contribution in [0.15, 0.2) is 12.2 Å². The highest BCUT2D eigenvalue weighted by atomic mass is 16.5. The number of aliphatic hydroxyl groups excluding tert-OH is 1. The third-order valence-corrected chi connectivity index (χ3v) is 4.98. The number of unbranched alkanes of at least 4 members (excludes halogenated alkanes) is 2. The fourth-order valence-corrected chi connectivity index (χ4v) is 3.38. The van der Waals surface area contributed by atoms with E-state index in [0.29, 0.717) is 25.7 Å². The Morgan fingerprint density at radius 1 is 1.36 bits per heavy atom. The van der Waals surface area contributed by atoms with Crippen LogP contribution in [0.25, 0.3) is 0 Å². The van der Waals surface area contributed by atoms with Crippen LogP contribution in [0.4, 0.5) is 0 Å². The molecule has 0 aromatic rings. The lowest BCUT2D eigenvalue weighted by Gasteiger charge is -2.19. The largest absolute Gasteiger partial charge is 0.469 e. The number of methoxy groups -OCH3 is 1. The Hall–Kier alpha value is -1.49. The molecular weight excluding hydrogens is 320 g/mol. The molecule has 0 amide bonds. The summed E-state index contributed by atoms with van der Waals surface area (Å²) in [5.74, 6) is -0.593. The van der Waals surface area contributed by atoms with Crippen molar-refractivity contribution in [3.63, 3.8) is 0 Å². The van der Waals surface area contributed by atoms with Gasteiger partial charge in [-0.05, 0) is 31.3 Å². The van der Waals surface area contributed by atoms with E-state index in [2.05, 4.69) is 11.7 Å². The SMILES string of the molecule is CCCCCC(=O)/C=C/[C@H]1[C@H](O)CC(=O)[C@H]1CCC(C)CC(=O)OC. The standard InChI is InChI=1S/C20H32O5/c1-4-5-6-7-15(21)9-11-17-16(18(22)13-19(17)23)10-8-14(2)12-20(24)25-3/h9,11,14,16-17,19,23H,4-8,10,12-13H2,1-3H3/b11-9+/t14?,16-,17+,19+/m0/s1. The van der Waals surface area contributed by atoms with Crippen LogP contribution in [-0.4, -0.2) is 35.9 Å².